The lowest BCUT2D eigenvalue weighted by atomic mass is 9.99. The van der Waals surface area contributed by atoms with Gasteiger partial charge >= 0.3 is 0 Å². The molecule has 1 aliphatic heterocycles. The molecular weight excluding hydrogens is 290 g/mol. The third-order valence-electron chi connectivity index (χ3n) is 4.25. The Bertz CT molecular complexity index is 764. The Balaban J connectivity index is 1.30. The van der Waals surface area contributed by atoms with E-state index in [4.69, 9.17) is 4.42 Å². The third kappa shape index (κ3) is 3.17. The number of hydrogen-bond donors (Lipinski definition) is 1. The van der Waals surface area contributed by atoms with Crippen LogP contribution in [0.15, 0.2) is 47.3 Å². The van der Waals surface area contributed by atoms with Gasteiger partial charge in [0.15, 0.2) is 5.76 Å². The van der Waals surface area contributed by atoms with Gasteiger partial charge in [-0.3, -0.25) is 0 Å². The lowest BCUT2D eigenvalue weighted by molar-refractivity contribution is 0.340. The maximum absolute atomic E-state index is 5.80. The molecule has 1 aromatic carbocycles. The van der Waals surface area contributed by atoms with Crippen molar-refractivity contribution in [1.29, 1.82) is 0 Å². The molecule has 3 aromatic rings. The van der Waals surface area contributed by atoms with Gasteiger partial charge in [-0.15, -0.1) is 10.2 Å². The first-order valence-corrected chi connectivity index (χ1v) is 7.96. The molecule has 0 saturated carbocycles. The standard InChI is InChI=1S/C17H19N5O/c1-2-4-14(5-3-1)15-9-19-17(23-15)10-18-8-13-6-7-16-21-20-12-22(16)11-13/h1-5,9,12-13,18H,6-8,10-11H2. The van der Waals surface area contributed by atoms with Crippen LogP contribution in [0.1, 0.15) is 18.1 Å². The van der Waals surface area contributed by atoms with E-state index in [2.05, 4.69) is 25.1 Å². The maximum atomic E-state index is 5.80. The summed E-state index contributed by atoms with van der Waals surface area (Å²) >= 11 is 0. The molecule has 1 N–H and O–H groups in total. The number of aromatic nitrogens is 4. The second-order valence-electron chi connectivity index (χ2n) is 5.92. The van der Waals surface area contributed by atoms with Crippen molar-refractivity contribution in [3.63, 3.8) is 0 Å². The Kier molecular flexibility index (Phi) is 3.90. The molecule has 1 unspecified atom stereocenters. The van der Waals surface area contributed by atoms with Crippen molar-refractivity contribution in [2.24, 2.45) is 5.92 Å². The summed E-state index contributed by atoms with van der Waals surface area (Å²) in [4.78, 5) is 4.35. The monoisotopic (exact) mass is 309 g/mol. The largest absolute Gasteiger partial charge is 0.439 e. The number of aryl methyl sites for hydroxylation is 1. The van der Waals surface area contributed by atoms with Crippen LogP contribution >= 0.6 is 0 Å². The van der Waals surface area contributed by atoms with E-state index in [0.717, 1.165) is 49.0 Å². The number of hydrogen-bond acceptors (Lipinski definition) is 5. The highest BCUT2D eigenvalue weighted by Crippen LogP contribution is 2.20. The zero-order valence-corrected chi connectivity index (χ0v) is 12.9. The molecule has 0 amide bonds. The van der Waals surface area contributed by atoms with Crippen molar-refractivity contribution in [2.75, 3.05) is 6.54 Å². The summed E-state index contributed by atoms with van der Waals surface area (Å²) in [5.41, 5.74) is 1.05. The average molecular weight is 309 g/mol. The first-order chi connectivity index (χ1) is 11.4. The van der Waals surface area contributed by atoms with E-state index >= 15 is 0 Å². The van der Waals surface area contributed by atoms with E-state index in [-0.39, 0.29) is 0 Å². The van der Waals surface area contributed by atoms with E-state index in [1.54, 1.807) is 6.20 Å². The Morgan fingerprint density at radius 1 is 1.26 bits per heavy atom. The van der Waals surface area contributed by atoms with Gasteiger partial charge in [0.1, 0.15) is 12.2 Å². The predicted octanol–water partition coefficient (Wildman–Crippen LogP) is 2.29. The number of nitrogens with one attached hydrogen (secondary N) is 1. The molecule has 0 bridgehead atoms. The van der Waals surface area contributed by atoms with Gasteiger partial charge < -0.3 is 14.3 Å². The van der Waals surface area contributed by atoms with E-state index < -0.39 is 0 Å². The van der Waals surface area contributed by atoms with E-state index in [1.165, 1.54) is 0 Å². The van der Waals surface area contributed by atoms with Gasteiger partial charge in [-0.25, -0.2) is 4.98 Å². The molecule has 6 heteroatoms. The fourth-order valence-electron chi connectivity index (χ4n) is 3.01. The molecule has 118 valence electrons. The summed E-state index contributed by atoms with van der Waals surface area (Å²) in [5, 5.41) is 11.5. The quantitative estimate of drug-likeness (QED) is 0.783. The highest BCUT2D eigenvalue weighted by Gasteiger charge is 2.19. The molecule has 0 radical (unpaired) electrons. The predicted molar refractivity (Wildman–Crippen MR) is 85.5 cm³/mol. The topological polar surface area (TPSA) is 68.8 Å². The summed E-state index contributed by atoms with van der Waals surface area (Å²) in [6.45, 7) is 2.58. The van der Waals surface area contributed by atoms with Crippen LogP contribution in [0, 0.1) is 5.92 Å². The molecule has 4 rings (SSSR count). The van der Waals surface area contributed by atoms with E-state index in [9.17, 15) is 0 Å². The van der Waals surface area contributed by atoms with Crippen LogP contribution in [0.5, 0.6) is 0 Å². The van der Waals surface area contributed by atoms with Gasteiger partial charge in [0, 0.05) is 25.1 Å². The molecule has 0 aliphatic carbocycles. The number of benzene rings is 1. The molecule has 23 heavy (non-hydrogen) atoms. The van der Waals surface area contributed by atoms with Crippen LogP contribution in [0.25, 0.3) is 11.3 Å². The lowest BCUT2D eigenvalue weighted by Crippen LogP contribution is -2.29. The van der Waals surface area contributed by atoms with Crippen molar-refractivity contribution in [3.8, 4) is 11.3 Å². The first kappa shape index (κ1) is 14.1. The molecule has 1 atom stereocenters. The van der Waals surface area contributed by atoms with Gasteiger partial charge in [0.05, 0.1) is 12.7 Å². The summed E-state index contributed by atoms with van der Waals surface area (Å²) in [5.74, 6) is 3.24. The van der Waals surface area contributed by atoms with Crippen molar-refractivity contribution >= 4 is 0 Å². The van der Waals surface area contributed by atoms with Gasteiger partial charge in [-0.05, 0) is 12.3 Å². The Hall–Kier alpha value is -2.47. The fraction of sp³-hybridized carbons (Fsp3) is 0.353. The van der Waals surface area contributed by atoms with Crippen molar-refractivity contribution in [3.05, 3.63) is 54.6 Å². The highest BCUT2D eigenvalue weighted by molar-refractivity contribution is 5.55. The van der Waals surface area contributed by atoms with Gasteiger partial charge in [-0.1, -0.05) is 30.3 Å². The summed E-state index contributed by atoms with van der Waals surface area (Å²) in [6, 6.07) is 10.0. The van der Waals surface area contributed by atoms with Gasteiger partial charge in [0.25, 0.3) is 0 Å². The van der Waals surface area contributed by atoms with Crippen molar-refractivity contribution < 1.29 is 4.42 Å². The first-order valence-electron chi connectivity index (χ1n) is 7.96. The van der Waals surface area contributed by atoms with E-state index in [0.29, 0.717) is 12.5 Å². The lowest BCUT2D eigenvalue weighted by Gasteiger charge is -2.22. The summed E-state index contributed by atoms with van der Waals surface area (Å²) < 4.78 is 7.95. The number of fused-ring (bicyclic) bond motifs is 1. The zero-order valence-electron chi connectivity index (χ0n) is 12.9. The van der Waals surface area contributed by atoms with Crippen LogP contribution in [-0.2, 0) is 19.5 Å². The minimum atomic E-state index is 0.599. The third-order valence-corrected chi connectivity index (χ3v) is 4.25. The van der Waals surface area contributed by atoms with Crippen LogP contribution in [0.4, 0.5) is 0 Å². The zero-order chi connectivity index (χ0) is 15.5. The molecule has 3 heterocycles. The molecule has 0 fully saturated rings. The Labute approximate surface area is 134 Å². The normalized spacial score (nSPS) is 17.1. The molecular formula is C17H19N5O. The van der Waals surface area contributed by atoms with Gasteiger partial charge in [-0.2, -0.15) is 0 Å². The molecule has 6 nitrogen and oxygen atoms in total. The highest BCUT2D eigenvalue weighted by atomic mass is 16.4. The Morgan fingerprint density at radius 3 is 3.09 bits per heavy atom. The van der Waals surface area contributed by atoms with Crippen LogP contribution in [0.3, 0.4) is 0 Å². The molecule has 0 saturated heterocycles. The van der Waals surface area contributed by atoms with Crippen LogP contribution in [-0.4, -0.2) is 26.3 Å². The second kappa shape index (κ2) is 6.34. The van der Waals surface area contributed by atoms with Crippen LogP contribution < -0.4 is 5.32 Å². The van der Waals surface area contributed by atoms with Crippen molar-refractivity contribution in [1.82, 2.24) is 25.1 Å². The van der Waals surface area contributed by atoms with Gasteiger partial charge in [0.2, 0.25) is 5.89 Å². The number of rotatable bonds is 5. The summed E-state index contributed by atoms with van der Waals surface area (Å²) in [7, 11) is 0. The average Bonchev–Trinajstić information content (AvgIpc) is 3.24. The Morgan fingerprint density at radius 2 is 2.17 bits per heavy atom. The fourth-order valence-corrected chi connectivity index (χ4v) is 3.01. The molecule has 0 spiro atoms. The number of nitrogens with zero attached hydrogens (tertiary/aromatic N) is 4. The molecule has 1 aliphatic rings. The van der Waals surface area contributed by atoms with Crippen LogP contribution in [0.2, 0.25) is 0 Å². The minimum Gasteiger partial charge on any atom is -0.439 e. The SMILES string of the molecule is c1ccc(-c2cnc(CNCC3CCc4nncn4C3)o2)cc1. The minimum absolute atomic E-state index is 0.599. The van der Waals surface area contributed by atoms with Crippen molar-refractivity contribution in [2.45, 2.75) is 25.9 Å². The maximum Gasteiger partial charge on any atom is 0.208 e. The summed E-state index contributed by atoms with van der Waals surface area (Å²) in [6.07, 6.45) is 5.76. The molecule has 2 aromatic heterocycles. The second-order valence-corrected chi connectivity index (χ2v) is 5.92. The van der Waals surface area contributed by atoms with E-state index in [1.807, 2.05) is 36.7 Å². The number of oxazole rings is 1. The smallest absolute Gasteiger partial charge is 0.208 e.